The molecule has 0 unspecified atom stereocenters. The number of fused-ring (bicyclic) bond motifs is 2. The first kappa shape index (κ1) is 27.0. The summed E-state index contributed by atoms with van der Waals surface area (Å²) in [6, 6.07) is 21.2. The lowest BCUT2D eigenvalue weighted by molar-refractivity contribution is 0.0746. The van der Waals surface area contributed by atoms with Gasteiger partial charge in [-0.3, -0.25) is 9.79 Å². The highest BCUT2D eigenvalue weighted by molar-refractivity contribution is 7.99. The van der Waals surface area contributed by atoms with Crippen molar-refractivity contribution in [2.75, 3.05) is 31.1 Å². The first-order valence-corrected chi connectivity index (χ1v) is 14.5. The van der Waals surface area contributed by atoms with Crippen molar-refractivity contribution in [3.63, 3.8) is 0 Å². The predicted molar refractivity (Wildman–Crippen MR) is 158 cm³/mol. The van der Waals surface area contributed by atoms with E-state index < -0.39 is 0 Å². The molecule has 0 radical (unpaired) electrons. The fraction of sp³-hybridized carbons (Fsp3) is 0.375. The molecule has 1 amide bonds. The number of aryl methyl sites for hydroxylation is 2. The molecule has 0 aliphatic carbocycles. The Labute approximate surface area is 226 Å². The Balaban J connectivity index is 0.00000156. The van der Waals surface area contributed by atoms with E-state index in [-0.39, 0.29) is 5.91 Å². The molecule has 2 aliphatic heterocycles. The summed E-state index contributed by atoms with van der Waals surface area (Å²) in [5.74, 6) is 0.102. The van der Waals surface area contributed by atoms with E-state index in [0.29, 0.717) is 0 Å². The number of aliphatic imine (C=N–C) groups is 1. The van der Waals surface area contributed by atoms with Crippen LogP contribution in [0.4, 0.5) is 11.4 Å². The number of nitrogens with zero attached hydrogens (tertiary/aromatic N) is 3. The summed E-state index contributed by atoms with van der Waals surface area (Å²) in [6.07, 6.45) is 3.19. The third kappa shape index (κ3) is 6.10. The maximum absolute atomic E-state index is 13.5. The molecular formula is C32H39N3OS. The summed E-state index contributed by atoms with van der Waals surface area (Å²) in [7, 11) is 0. The molecule has 194 valence electrons. The number of carbonyl (C=O) groups is 1. The zero-order valence-electron chi connectivity index (χ0n) is 22.9. The van der Waals surface area contributed by atoms with Gasteiger partial charge in [0.05, 0.1) is 5.69 Å². The average Bonchev–Trinajstić information content (AvgIpc) is 3.09. The molecule has 3 aromatic rings. The van der Waals surface area contributed by atoms with Gasteiger partial charge in [-0.15, -0.1) is 0 Å². The molecule has 0 aromatic heterocycles. The molecule has 5 heteroatoms. The zero-order chi connectivity index (χ0) is 26.4. The van der Waals surface area contributed by atoms with Crippen molar-refractivity contribution < 1.29 is 4.79 Å². The van der Waals surface area contributed by atoms with Crippen LogP contribution in [0.1, 0.15) is 67.1 Å². The third-order valence-electron chi connectivity index (χ3n) is 6.91. The van der Waals surface area contributed by atoms with E-state index in [1.54, 1.807) is 11.8 Å². The minimum absolute atomic E-state index is 0.102. The number of amides is 1. The molecule has 0 spiro atoms. The van der Waals surface area contributed by atoms with Crippen LogP contribution in [0.25, 0.3) is 0 Å². The Hall–Kier alpha value is -3.05. The van der Waals surface area contributed by atoms with Gasteiger partial charge in [0.25, 0.3) is 5.91 Å². The number of hydrogen-bond acceptors (Lipinski definition) is 4. The quantitative estimate of drug-likeness (QED) is 0.346. The van der Waals surface area contributed by atoms with E-state index in [4.69, 9.17) is 4.99 Å². The van der Waals surface area contributed by atoms with E-state index in [9.17, 15) is 4.79 Å². The second kappa shape index (κ2) is 12.5. The van der Waals surface area contributed by atoms with Gasteiger partial charge in [0.1, 0.15) is 0 Å². The summed E-state index contributed by atoms with van der Waals surface area (Å²) in [4.78, 5) is 25.3. The Morgan fingerprint density at radius 2 is 1.68 bits per heavy atom. The highest BCUT2D eigenvalue weighted by atomic mass is 32.2. The van der Waals surface area contributed by atoms with Crippen LogP contribution in [0, 0.1) is 13.8 Å². The second-order valence-corrected chi connectivity index (χ2v) is 10.6. The minimum atomic E-state index is 0.102. The number of hydrogen-bond donors (Lipinski definition) is 0. The molecule has 3 aromatic carbocycles. The van der Waals surface area contributed by atoms with Gasteiger partial charge in [-0.2, -0.15) is 0 Å². The SMILES string of the molecule is CC.CCCCC1=Nc2cc(C(=O)N3CCN(c4ccc(C)cc4C)CC3)ccc2Sc2ccccc21. The van der Waals surface area contributed by atoms with Crippen LogP contribution >= 0.6 is 11.8 Å². The number of benzene rings is 3. The summed E-state index contributed by atoms with van der Waals surface area (Å²) in [5, 5.41) is 0. The number of carbonyl (C=O) groups excluding carboxylic acids is 1. The standard InChI is InChI=1S/C30H33N3OS.C2H6/c1-4-5-9-25-24-8-6-7-10-28(24)35-29-14-12-23(20-26(29)31-25)30(34)33-17-15-32(16-18-33)27-13-11-21(2)19-22(27)3;1-2/h6-8,10-14,19-20H,4-5,9,15-18H2,1-3H3;1-2H3. The van der Waals surface area contributed by atoms with Crippen molar-refractivity contribution >= 4 is 34.8 Å². The van der Waals surface area contributed by atoms with Crippen LogP contribution in [0.15, 0.2) is 75.4 Å². The fourth-order valence-corrected chi connectivity index (χ4v) is 5.99. The van der Waals surface area contributed by atoms with Gasteiger partial charge in [-0.25, -0.2) is 0 Å². The van der Waals surface area contributed by atoms with Gasteiger partial charge in [-0.1, -0.05) is 74.8 Å². The molecule has 0 N–H and O–H groups in total. The van der Waals surface area contributed by atoms with E-state index in [0.717, 1.165) is 67.3 Å². The van der Waals surface area contributed by atoms with Gasteiger partial charge in [0.2, 0.25) is 0 Å². The predicted octanol–water partition coefficient (Wildman–Crippen LogP) is 8.07. The number of piperazine rings is 1. The lowest BCUT2D eigenvalue weighted by atomic mass is 10.0. The lowest BCUT2D eigenvalue weighted by Crippen LogP contribution is -2.49. The first-order chi connectivity index (χ1) is 18.0. The average molecular weight is 514 g/mol. The van der Waals surface area contributed by atoms with E-state index in [1.807, 2.05) is 30.9 Å². The van der Waals surface area contributed by atoms with Crippen LogP contribution < -0.4 is 4.90 Å². The molecule has 0 atom stereocenters. The van der Waals surface area contributed by atoms with Crippen LogP contribution in [0.5, 0.6) is 0 Å². The Morgan fingerprint density at radius 1 is 0.919 bits per heavy atom. The molecule has 37 heavy (non-hydrogen) atoms. The third-order valence-corrected chi connectivity index (χ3v) is 8.05. The van der Waals surface area contributed by atoms with Crippen LogP contribution in [-0.2, 0) is 0 Å². The molecule has 5 rings (SSSR count). The van der Waals surface area contributed by atoms with Crippen molar-refractivity contribution in [1.82, 2.24) is 4.90 Å². The molecule has 0 bridgehead atoms. The van der Waals surface area contributed by atoms with Crippen LogP contribution in [-0.4, -0.2) is 42.7 Å². The zero-order valence-corrected chi connectivity index (χ0v) is 23.7. The number of rotatable bonds is 5. The fourth-order valence-electron chi connectivity index (χ4n) is 4.97. The van der Waals surface area contributed by atoms with Gasteiger partial charge in [-0.05, 0) is 62.6 Å². The summed E-state index contributed by atoms with van der Waals surface area (Å²) < 4.78 is 0. The van der Waals surface area contributed by atoms with E-state index in [2.05, 4.69) is 74.2 Å². The van der Waals surface area contributed by atoms with Gasteiger partial charge >= 0.3 is 0 Å². The van der Waals surface area contributed by atoms with Crippen molar-refractivity contribution in [2.45, 2.75) is 63.7 Å². The highest BCUT2D eigenvalue weighted by Gasteiger charge is 2.24. The van der Waals surface area contributed by atoms with Gasteiger partial charge in [0, 0.05) is 58.5 Å². The largest absolute Gasteiger partial charge is 0.368 e. The molecule has 4 nitrogen and oxygen atoms in total. The van der Waals surface area contributed by atoms with Crippen molar-refractivity contribution in [3.8, 4) is 0 Å². The second-order valence-electron chi connectivity index (χ2n) is 9.51. The summed E-state index contributed by atoms with van der Waals surface area (Å²) in [6.45, 7) is 13.7. The van der Waals surface area contributed by atoms with Gasteiger partial charge < -0.3 is 9.80 Å². The van der Waals surface area contributed by atoms with Crippen LogP contribution in [0.2, 0.25) is 0 Å². The first-order valence-electron chi connectivity index (χ1n) is 13.6. The summed E-state index contributed by atoms with van der Waals surface area (Å²) in [5.41, 5.74) is 7.85. The molecule has 1 fully saturated rings. The lowest BCUT2D eigenvalue weighted by Gasteiger charge is -2.37. The summed E-state index contributed by atoms with van der Waals surface area (Å²) >= 11 is 1.75. The van der Waals surface area contributed by atoms with E-state index in [1.165, 1.54) is 27.3 Å². The monoisotopic (exact) mass is 513 g/mol. The number of unbranched alkanes of at least 4 members (excludes halogenated alkanes) is 1. The van der Waals surface area contributed by atoms with Crippen molar-refractivity contribution in [2.24, 2.45) is 4.99 Å². The maximum atomic E-state index is 13.5. The maximum Gasteiger partial charge on any atom is 0.254 e. The highest BCUT2D eigenvalue weighted by Crippen LogP contribution is 2.41. The Morgan fingerprint density at radius 3 is 2.41 bits per heavy atom. The minimum Gasteiger partial charge on any atom is -0.368 e. The molecule has 1 saturated heterocycles. The molecule has 2 aliphatic rings. The molecular weight excluding hydrogens is 474 g/mol. The normalized spacial score (nSPS) is 14.6. The van der Waals surface area contributed by atoms with Gasteiger partial charge in [0.15, 0.2) is 0 Å². The Kier molecular flexibility index (Phi) is 9.09. The smallest absolute Gasteiger partial charge is 0.254 e. The van der Waals surface area contributed by atoms with Crippen LogP contribution in [0.3, 0.4) is 0 Å². The topological polar surface area (TPSA) is 35.9 Å². The Bertz CT molecular complexity index is 1270. The number of anilines is 1. The van der Waals surface area contributed by atoms with Crippen molar-refractivity contribution in [3.05, 3.63) is 82.9 Å². The molecule has 2 heterocycles. The molecule has 0 saturated carbocycles. The van der Waals surface area contributed by atoms with Crippen molar-refractivity contribution in [1.29, 1.82) is 0 Å². The van der Waals surface area contributed by atoms with E-state index >= 15 is 0 Å².